The van der Waals surface area contributed by atoms with Crippen molar-refractivity contribution < 1.29 is 9.59 Å². The molecule has 2 amide bonds. The SMILES string of the molecule is NC(=O)C12CC(CN1C(=O)c1cccc(Cn3cncn3)c1)C2. The fourth-order valence-corrected chi connectivity index (χ4v) is 3.75. The van der Waals surface area contributed by atoms with Gasteiger partial charge in [-0.3, -0.25) is 9.59 Å². The number of amides is 2. The van der Waals surface area contributed by atoms with Gasteiger partial charge in [0.05, 0.1) is 6.54 Å². The lowest BCUT2D eigenvalue weighted by atomic mass is 9.73. The predicted octanol–water partition coefficient (Wildman–Crippen LogP) is 0.416. The number of nitrogens with two attached hydrogens (primary N) is 1. The lowest BCUT2D eigenvalue weighted by molar-refractivity contribution is -0.129. The summed E-state index contributed by atoms with van der Waals surface area (Å²) >= 11 is 0. The summed E-state index contributed by atoms with van der Waals surface area (Å²) in [5.74, 6) is -0.104. The maximum atomic E-state index is 12.8. The van der Waals surface area contributed by atoms with E-state index in [0.29, 0.717) is 37.4 Å². The van der Waals surface area contributed by atoms with Gasteiger partial charge in [-0.15, -0.1) is 0 Å². The highest BCUT2D eigenvalue weighted by atomic mass is 16.2. The lowest BCUT2D eigenvalue weighted by Gasteiger charge is -2.38. The van der Waals surface area contributed by atoms with Gasteiger partial charge in [0.1, 0.15) is 18.2 Å². The summed E-state index contributed by atoms with van der Waals surface area (Å²) in [5, 5.41) is 4.07. The molecular weight excluding hydrogens is 294 g/mol. The molecule has 3 heterocycles. The van der Waals surface area contributed by atoms with Crippen LogP contribution >= 0.6 is 0 Å². The van der Waals surface area contributed by atoms with Crippen molar-refractivity contribution in [1.82, 2.24) is 19.7 Å². The van der Waals surface area contributed by atoms with Crippen molar-refractivity contribution in [3.63, 3.8) is 0 Å². The van der Waals surface area contributed by atoms with E-state index in [9.17, 15) is 9.59 Å². The number of fused-ring (bicyclic) bond motifs is 1. The van der Waals surface area contributed by atoms with Gasteiger partial charge in [-0.05, 0) is 36.5 Å². The van der Waals surface area contributed by atoms with E-state index in [4.69, 9.17) is 5.73 Å². The van der Waals surface area contributed by atoms with Crippen LogP contribution in [0.4, 0.5) is 0 Å². The minimum absolute atomic E-state index is 0.121. The quantitative estimate of drug-likeness (QED) is 0.885. The van der Waals surface area contributed by atoms with E-state index in [-0.39, 0.29) is 5.91 Å². The molecule has 2 aromatic rings. The molecule has 1 saturated carbocycles. The molecule has 1 aromatic carbocycles. The van der Waals surface area contributed by atoms with Crippen molar-refractivity contribution in [1.29, 1.82) is 0 Å². The first-order valence-corrected chi connectivity index (χ1v) is 7.62. The van der Waals surface area contributed by atoms with Crippen LogP contribution in [-0.2, 0) is 11.3 Å². The second kappa shape index (κ2) is 4.91. The largest absolute Gasteiger partial charge is 0.368 e. The summed E-state index contributed by atoms with van der Waals surface area (Å²) in [6.07, 6.45) is 4.51. The van der Waals surface area contributed by atoms with E-state index in [1.807, 2.05) is 18.2 Å². The first-order valence-electron chi connectivity index (χ1n) is 7.62. The predicted molar refractivity (Wildman–Crippen MR) is 81.3 cm³/mol. The molecule has 2 aliphatic heterocycles. The number of aromatic nitrogens is 3. The third-order valence-corrected chi connectivity index (χ3v) is 4.90. The zero-order chi connectivity index (χ0) is 16.0. The Balaban J connectivity index is 1.58. The van der Waals surface area contributed by atoms with Crippen LogP contribution < -0.4 is 5.73 Å². The van der Waals surface area contributed by atoms with Crippen LogP contribution in [0.3, 0.4) is 0 Å². The van der Waals surface area contributed by atoms with Gasteiger partial charge in [0, 0.05) is 12.1 Å². The summed E-state index contributed by atoms with van der Waals surface area (Å²) < 4.78 is 1.70. The number of rotatable bonds is 4. The monoisotopic (exact) mass is 311 g/mol. The molecule has 118 valence electrons. The van der Waals surface area contributed by atoms with E-state index in [0.717, 1.165) is 5.56 Å². The zero-order valence-corrected chi connectivity index (χ0v) is 12.6. The fourth-order valence-electron chi connectivity index (χ4n) is 3.75. The highest BCUT2D eigenvalue weighted by Crippen LogP contribution is 2.50. The van der Waals surface area contributed by atoms with Crippen LogP contribution in [0.1, 0.15) is 28.8 Å². The zero-order valence-electron chi connectivity index (χ0n) is 12.6. The van der Waals surface area contributed by atoms with Crippen molar-refractivity contribution in [2.75, 3.05) is 6.54 Å². The highest BCUT2D eigenvalue weighted by Gasteiger charge is 2.61. The van der Waals surface area contributed by atoms with Crippen molar-refractivity contribution in [3.8, 4) is 0 Å². The Labute approximate surface area is 133 Å². The number of carbonyl (C=O) groups excluding carboxylic acids is 2. The van der Waals surface area contributed by atoms with Gasteiger partial charge in [0.15, 0.2) is 0 Å². The molecule has 0 radical (unpaired) electrons. The van der Waals surface area contributed by atoms with E-state index in [1.165, 1.54) is 6.33 Å². The summed E-state index contributed by atoms with van der Waals surface area (Å²) in [6, 6.07) is 7.40. The molecular formula is C16H17N5O2. The first kappa shape index (κ1) is 13.9. The standard InChI is InChI=1S/C16H17N5O2/c17-15(23)16-5-12(6-16)8-21(16)14(22)13-3-1-2-11(4-13)7-20-10-18-9-19-20/h1-4,9-10,12H,5-8H2,(H2,17,23). The van der Waals surface area contributed by atoms with Gasteiger partial charge in [0.25, 0.3) is 5.91 Å². The Morgan fingerprint density at radius 3 is 2.87 bits per heavy atom. The van der Waals surface area contributed by atoms with Crippen molar-refractivity contribution >= 4 is 11.8 Å². The van der Waals surface area contributed by atoms with Crippen LogP contribution in [0.2, 0.25) is 0 Å². The molecule has 2 N–H and O–H groups in total. The minimum atomic E-state index is -0.760. The second-order valence-corrected chi connectivity index (χ2v) is 6.38. The topological polar surface area (TPSA) is 94.1 Å². The summed E-state index contributed by atoms with van der Waals surface area (Å²) in [5.41, 5.74) is 6.32. The van der Waals surface area contributed by atoms with Crippen LogP contribution in [-0.4, -0.2) is 43.6 Å². The molecule has 1 aromatic heterocycles. The van der Waals surface area contributed by atoms with E-state index >= 15 is 0 Å². The normalized spacial score (nSPS) is 25.2. The average Bonchev–Trinajstić information content (AvgIpc) is 3.20. The molecule has 5 rings (SSSR count). The number of benzene rings is 1. The molecule has 3 aliphatic rings. The lowest BCUT2D eigenvalue weighted by Crippen LogP contribution is -2.57. The van der Waals surface area contributed by atoms with Gasteiger partial charge in [0.2, 0.25) is 5.91 Å². The molecule has 0 atom stereocenters. The molecule has 0 unspecified atom stereocenters. The van der Waals surface area contributed by atoms with Gasteiger partial charge in [-0.25, -0.2) is 9.67 Å². The van der Waals surface area contributed by atoms with Crippen LogP contribution in [0.5, 0.6) is 0 Å². The molecule has 7 heteroatoms. The Bertz CT molecular complexity index is 765. The van der Waals surface area contributed by atoms with E-state index in [1.54, 1.807) is 22.0 Å². The van der Waals surface area contributed by atoms with Crippen LogP contribution in [0, 0.1) is 5.92 Å². The Morgan fingerprint density at radius 1 is 1.35 bits per heavy atom. The average molecular weight is 311 g/mol. The van der Waals surface area contributed by atoms with Gasteiger partial charge in [-0.1, -0.05) is 12.1 Å². The molecule has 2 saturated heterocycles. The number of hydrogen-bond donors (Lipinski definition) is 1. The third kappa shape index (κ3) is 2.11. The molecule has 3 fully saturated rings. The molecule has 7 nitrogen and oxygen atoms in total. The van der Waals surface area contributed by atoms with Gasteiger partial charge < -0.3 is 10.6 Å². The van der Waals surface area contributed by atoms with Crippen LogP contribution in [0.25, 0.3) is 0 Å². The smallest absolute Gasteiger partial charge is 0.254 e. The third-order valence-electron chi connectivity index (χ3n) is 4.90. The summed E-state index contributed by atoms with van der Waals surface area (Å²) in [7, 11) is 0. The number of carbonyl (C=O) groups is 2. The molecule has 23 heavy (non-hydrogen) atoms. The van der Waals surface area contributed by atoms with Crippen molar-refractivity contribution in [2.24, 2.45) is 11.7 Å². The van der Waals surface area contributed by atoms with Crippen LogP contribution in [0.15, 0.2) is 36.9 Å². The minimum Gasteiger partial charge on any atom is -0.368 e. The first-order chi connectivity index (χ1) is 11.1. The summed E-state index contributed by atoms with van der Waals surface area (Å²) in [6.45, 7) is 1.17. The van der Waals surface area contributed by atoms with Gasteiger partial charge in [-0.2, -0.15) is 5.10 Å². The second-order valence-electron chi connectivity index (χ2n) is 6.38. The summed E-state index contributed by atoms with van der Waals surface area (Å²) in [4.78, 5) is 30.2. The number of primary amides is 1. The molecule has 0 spiro atoms. The van der Waals surface area contributed by atoms with Crippen molar-refractivity contribution in [2.45, 2.75) is 24.9 Å². The fraction of sp³-hybridized carbons (Fsp3) is 0.375. The van der Waals surface area contributed by atoms with Crippen molar-refractivity contribution in [3.05, 3.63) is 48.0 Å². The Morgan fingerprint density at radius 2 is 2.17 bits per heavy atom. The molecule has 2 bridgehead atoms. The Hall–Kier alpha value is -2.70. The number of hydrogen-bond acceptors (Lipinski definition) is 4. The molecule has 1 aliphatic carbocycles. The van der Waals surface area contributed by atoms with E-state index in [2.05, 4.69) is 10.1 Å². The number of nitrogens with zero attached hydrogens (tertiary/aromatic N) is 4. The highest BCUT2D eigenvalue weighted by molar-refractivity contribution is 6.00. The van der Waals surface area contributed by atoms with E-state index < -0.39 is 11.4 Å². The maximum Gasteiger partial charge on any atom is 0.254 e. The maximum absolute atomic E-state index is 12.8. The Kier molecular flexibility index (Phi) is 2.97. The van der Waals surface area contributed by atoms with Gasteiger partial charge >= 0.3 is 0 Å².